The van der Waals surface area contributed by atoms with E-state index in [1.165, 1.54) is 30.7 Å². The van der Waals surface area contributed by atoms with Gasteiger partial charge in [0.2, 0.25) is 0 Å². The standard InChI is InChI=1S/C16H13ClN2O3S2/c1-22-14-3-2-13(17)7-15(14)24(20,21)10-11-6-12(9-18-8-11)16-19-4-5-23-16/h2-9H,10H2,1H3. The fourth-order valence-electron chi connectivity index (χ4n) is 2.24. The van der Waals surface area contributed by atoms with E-state index in [4.69, 9.17) is 16.3 Å². The summed E-state index contributed by atoms with van der Waals surface area (Å²) in [5, 5.41) is 2.99. The normalized spacial score (nSPS) is 11.4. The quantitative estimate of drug-likeness (QED) is 0.672. The van der Waals surface area contributed by atoms with Crippen LogP contribution in [0.3, 0.4) is 0 Å². The smallest absolute Gasteiger partial charge is 0.186 e. The summed E-state index contributed by atoms with van der Waals surface area (Å²) in [5.41, 5.74) is 1.36. The minimum atomic E-state index is -3.63. The first-order chi connectivity index (χ1) is 11.5. The van der Waals surface area contributed by atoms with Crippen LogP contribution >= 0.6 is 22.9 Å². The third kappa shape index (κ3) is 3.58. The Kier molecular flexibility index (Phi) is 4.84. The molecule has 24 heavy (non-hydrogen) atoms. The zero-order valence-corrected chi connectivity index (χ0v) is 15.0. The van der Waals surface area contributed by atoms with Crippen molar-refractivity contribution in [3.8, 4) is 16.3 Å². The van der Waals surface area contributed by atoms with Crippen LogP contribution in [0, 0.1) is 0 Å². The van der Waals surface area contributed by atoms with Gasteiger partial charge in [0.15, 0.2) is 9.84 Å². The van der Waals surface area contributed by atoms with Crippen molar-refractivity contribution in [1.82, 2.24) is 9.97 Å². The third-order valence-electron chi connectivity index (χ3n) is 3.29. The molecule has 0 unspecified atom stereocenters. The van der Waals surface area contributed by atoms with Crippen molar-refractivity contribution in [2.24, 2.45) is 0 Å². The number of hydrogen-bond acceptors (Lipinski definition) is 6. The van der Waals surface area contributed by atoms with Gasteiger partial charge in [0, 0.05) is 34.6 Å². The first-order valence-electron chi connectivity index (χ1n) is 6.90. The lowest BCUT2D eigenvalue weighted by Gasteiger charge is -2.10. The molecule has 1 aromatic carbocycles. The van der Waals surface area contributed by atoms with E-state index < -0.39 is 9.84 Å². The molecule has 3 rings (SSSR count). The Morgan fingerprint density at radius 2 is 2.08 bits per heavy atom. The Bertz CT molecular complexity index is 957. The summed E-state index contributed by atoms with van der Waals surface area (Å²) >= 11 is 7.41. The van der Waals surface area contributed by atoms with Crippen molar-refractivity contribution < 1.29 is 13.2 Å². The number of benzene rings is 1. The summed E-state index contributed by atoms with van der Waals surface area (Å²) in [7, 11) is -2.21. The largest absolute Gasteiger partial charge is 0.495 e. The van der Waals surface area contributed by atoms with E-state index >= 15 is 0 Å². The lowest BCUT2D eigenvalue weighted by Crippen LogP contribution is -2.07. The number of rotatable bonds is 5. The average Bonchev–Trinajstić information content (AvgIpc) is 3.09. The fraction of sp³-hybridized carbons (Fsp3) is 0.125. The monoisotopic (exact) mass is 380 g/mol. The number of ether oxygens (including phenoxy) is 1. The number of methoxy groups -OCH3 is 1. The molecule has 0 atom stereocenters. The molecule has 0 N–H and O–H groups in total. The molecule has 0 fully saturated rings. The average molecular weight is 381 g/mol. The highest BCUT2D eigenvalue weighted by molar-refractivity contribution is 7.90. The molecule has 2 heterocycles. The summed E-state index contributed by atoms with van der Waals surface area (Å²) in [6, 6.07) is 6.30. The second-order valence-electron chi connectivity index (χ2n) is 4.97. The van der Waals surface area contributed by atoms with Crippen molar-refractivity contribution in [3.63, 3.8) is 0 Å². The summed E-state index contributed by atoms with van der Waals surface area (Å²) in [6.45, 7) is 0. The number of halogens is 1. The van der Waals surface area contributed by atoms with Crippen LogP contribution in [0.25, 0.3) is 10.6 Å². The molecule has 8 heteroatoms. The predicted octanol–water partition coefficient (Wildman–Crippen LogP) is 3.84. The SMILES string of the molecule is COc1ccc(Cl)cc1S(=O)(=O)Cc1cncc(-c2nccs2)c1. The van der Waals surface area contributed by atoms with Crippen LogP contribution in [-0.2, 0) is 15.6 Å². The van der Waals surface area contributed by atoms with Crippen LogP contribution in [0.4, 0.5) is 0 Å². The van der Waals surface area contributed by atoms with E-state index in [9.17, 15) is 8.42 Å². The summed E-state index contributed by atoms with van der Waals surface area (Å²) in [5.74, 6) is 0.0686. The first-order valence-corrected chi connectivity index (χ1v) is 9.81. The van der Waals surface area contributed by atoms with Gasteiger partial charge in [-0.15, -0.1) is 11.3 Å². The van der Waals surface area contributed by atoms with Crippen LogP contribution < -0.4 is 4.74 Å². The van der Waals surface area contributed by atoms with Gasteiger partial charge in [-0.05, 0) is 29.8 Å². The number of thiazole rings is 1. The van der Waals surface area contributed by atoms with Gasteiger partial charge in [0.05, 0.1) is 12.9 Å². The Balaban J connectivity index is 1.96. The van der Waals surface area contributed by atoms with Gasteiger partial charge in [-0.25, -0.2) is 13.4 Å². The Labute approximate surface area is 148 Å². The molecular formula is C16H13ClN2O3S2. The molecule has 5 nitrogen and oxygen atoms in total. The van der Waals surface area contributed by atoms with Gasteiger partial charge < -0.3 is 4.74 Å². The van der Waals surface area contributed by atoms with Crippen molar-refractivity contribution in [3.05, 3.63) is 58.8 Å². The van der Waals surface area contributed by atoms with E-state index in [1.807, 2.05) is 5.38 Å². The zero-order chi connectivity index (χ0) is 17.2. The number of nitrogens with zero attached hydrogens (tertiary/aromatic N) is 2. The molecule has 0 spiro atoms. The molecular weight excluding hydrogens is 368 g/mol. The summed E-state index contributed by atoms with van der Waals surface area (Å²) < 4.78 is 30.6. The topological polar surface area (TPSA) is 69.2 Å². The molecule has 0 radical (unpaired) electrons. The lowest BCUT2D eigenvalue weighted by atomic mass is 10.2. The Morgan fingerprint density at radius 3 is 2.79 bits per heavy atom. The number of aromatic nitrogens is 2. The van der Waals surface area contributed by atoms with Gasteiger partial charge in [-0.2, -0.15) is 0 Å². The summed E-state index contributed by atoms with van der Waals surface area (Å²) in [6.07, 6.45) is 4.89. The predicted molar refractivity (Wildman–Crippen MR) is 94.2 cm³/mol. The summed E-state index contributed by atoms with van der Waals surface area (Å²) in [4.78, 5) is 8.40. The van der Waals surface area contributed by atoms with Crippen LogP contribution in [0.1, 0.15) is 5.56 Å². The van der Waals surface area contributed by atoms with Crippen molar-refractivity contribution in [1.29, 1.82) is 0 Å². The van der Waals surface area contributed by atoms with Crippen LogP contribution in [-0.4, -0.2) is 25.5 Å². The van der Waals surface area contributed by atoms with Crippen molar-refractivity contribution >= 4 is 32.8 Å². The number of hydrogen-bond donors (Lipinski definition) is 0. The zero-order valence-electron chi connectivity index (χ0n) is 12.6. The van der Waals surface area contributed by atoms with E-state index in [0.717, 1.165) is 10.6 Å². The van der Waals surface area contributed by atoms with Gasteiger partial charge in [-0.1, -0.05) is 11.6 Å². The highest BCUT2D eigenvalue weighted by Crippen LogP contribution is 2.30. The molecule has 0 aliphatic carbocycles. The molecule has 0 aliphatic heterocycles. The second-order valence-corrected chi connectivity index (χ2v) is 8.26. The third-order valence-corrected chi connectivity index (χ3v) is 6.05. The van der Waals surface area contributed by atoms with E-state index in [0.29, 0.717) is 10.6 Å². The van der Waals surface area contributed by atoms with Gasteiger partial charge in [0.25, 0.3) is 0 Å². The minimum Gasteiger partial charge on any atom is -0.495 e. The van der Waals surface area contributed by atoms with Crippen LogP contribution in [0.5, 0.6) is 5.75 Å². The van der Waals surface area contributed by atoms with Gasteiger partial charge in [-0.3, -0.25) is 4.98 Å². The minimum absolute atomic E-state index is 0.0668. The van der Waals surface area contributed by atoms with Crippen molar-refractivity contribution in [2.75, 3.05) is 7.11 Å². The number of sulfone groups is 1. The van der Waals surface area contributed by atoms with Crippen molar-refractivity contribution in [2.45, 2.75) is 10.6 Å². The van der Waals surface area contributed by atoms with E-state index in [1.54, 1.807) is 30.6 Å². The highest BCUT2D eigenvalue weighted by atomic mass is 35.5. The lowest BCUT2D eigenvalue weighted by molar-refractivity contribution is 0.402. The molecule has 3 aromatic rings. The molecule has 0 amide bonds. The molecule has 0 saturated carbocycles. The molecule has 0 aliphatic rings. The molecule has 124 valence electrons. The molecule has 0 bridgehead atoms. The van der Waals surface area contributed by atoms with E-state index in [2.05, 4.69) is 9.97 Å². The Hall–Kier alpha value is -1.96. The highest BCUT2D eigenvalue weighted by Gasteiger charge is 2.21. The first kappa shape index (κ1) is 16.9. The van der Waals surface area contributed by atoms with Crippen LogP contribution in [0.2, 0.25) is 5.02 Å². The van der Waals surface area contributed by atoms with Crippen LogP contribution in [0.15, 0.2) is 53.1 Å². The fourth-order valence-corrected chi connectivity index (χ4v) is 4.61. The second kappa shape index (κ2) is 6.88. The van der Waals surface area contributed by atoms with Gasteiger partial charge >= 0.3 is 0 Å². The molecule has 2 aromatic heterocycles. The maximum atomic E-state index is 12.8. The van der Waals surface area contributed by atoms with Gasteiger partial charge in [0.1, 0.15) is 15.7 Å². The molecule has 0 saturated heterocycles. The maximum Gasteiger partial charge on any atom is 0.186 e. The Morgan fingerprint density at radius 1 is 1.25 bits per heavy atom. The maximum absolute atomic E-state index is 12.8. The number of pyridine rings is 1. The van der Waals surface area contributed by atoms with E-state index in [-0.39, 0.29) is 16.4 Å².